The maximum absolute atomic E-state index is 13.4. The Kier molecular flexibility index (Phi) is 3.84. The van der Waals surface area contributed by atoms with Gasteiger partial charge in [0.2, 0.25) is 0 Å². The van der Waals surface area contributed by atoms with Crippen LogP contribution in [0, 0.1) is 34.9 Å². The Hall–Kier alpha value is -1.89. The topological polar surface area (TPSA) is 59.7 Å². The number of hydrogen-bond acceptors (Lipinski definition) is 3. The predicted octanol–water partition coefficient (Wildman–Crippen LogP) is 3.09. The standard InChI is InChI=1S/C13H16FN3/c1-9-4-10(6-15)12(5-11(9)14)17-8-13(2,3)7-16/h4-6,15,17H,8H2,1-3H3. The van der Waals surface area contributed by atoms with Crippen molar-refractivity contribution in [3.63, 3.8) is 0 Å². The second kappa shape index (κ2) is 4.96. The molecule has 0 heterocycles. The molecule has 0 bridgehead atoms. The zero-order valence-corrected chi connectivity index (χ0v) is 10.3. The number of benzene rings is 1. The van der Waals surface area contributed by atoms with Crippen LogP contribution in [-0.2, 0) is 0 Å². The van der Waals surface area contributed by atoms with E-state index in [-0.39, 0.29) is 5.82 Å². The van der Waals surface area contributed by atoms with Crippen molar-refractivity contribution in [2.45, 2.75) is 20.8 Å². The minimum atomic E-state index is -0.527. The van der Waals surface area contributed by atoms with Gasteiger partial charge in [-0.1, -0.05) is 0 Å². The van der Waals surface area contributed by atoms with E-state index >= 15 is 0 Å². The molecule has 0 aliphatic rings. The van der Waals surface area contributed by atoms with E-state index in [4.69, 9.17) is 10.7 Å². The molecule has 0 radical (unpaired) electrons. The molecule has 3 nitrogen and oxygen atoms in total. The predicted molar refractivity (Wildman–Crippen MR) is 66.9 cm³/mol. The highest BCUT2D eigenvalue weighted by molar-refractivity contribution is 5.86. The van der Waals surface area contributed by atoms with E-state index in [1.807, 2.05) is 0 Å². The molecule has 4 heteroatoms. The smallest absolute Gasteiger partial charge is 0.128 e. The summed E-state index contributed by atoms with van der Waals surface area (Å²) in [6.07, 6.45) is 1.17. The Balaban J connectivity index is 2.95. The highest BCUT2D eigenvalue weighted by Gasteiger charge is 2.17. The number of halogens is 1. The molecule has 2 N–H and O–H groups in total. The van der Waals surface area contributed by atoms with Crippen LogP contribution in [-0.4, -0.2) is 12.8 Å². The summed E-state index contributed by atoms with van der Waals surface area (Å²) in [5, 5.41) is 19.2. The Morgan fingerprint density at radius 2 is 2.18 bits per heavy atom. The molecule has 0 atom stereocenters. The van der Waals surface area contributed by atoms with Crippen LogP contribution in [0.3, 0.4) is 0 Å². The van der Waals surface area contributed by atoms with Crippen molar-refractivity contribution in [1.29, 1.82) is 10.7 Å². The average Bonchev–Trinajstić information content (AvgIpc) is 2.30. The summed E-state index contributed by atoms with van der Waals surface area (Å²) in [5.41, 5.74) is 1.15. The zero-order chi connectivity index (χ0) is 13.1. The minimum Gasteiger partial charge on any atom is -0.383 e. The van der Waals surface area contributed by atoms with Gasteiger partial charge in [-0.2, -0.15) is 5.26 Å². The fourth-order valence-corrected chi connectivity index (χ4v) is 1.33. The van der Waals surface area contributed by atoms with E-state index in [2.05, 4.69) is 11.4 Å². The lowest BCUT2D eigenvalue weighted by Crippen LogP contribution is -2.21. The van der Waals surface area contributed by atoms with Gasteiger partial charge < -0.3 is 10.7 Å². The summed E-state index contributed by atoms with van der Waals surface area (Å²) >= 11 is 0. The van der Waals surface area contributed by atoms with E-state index < -0.39 is 5.41 Å². The number of nitrogens with one attached hydrogen (secondary N) is 2. The second-order valence-corrected chi connectivity index (χ2v) is 4.68. The van der Waals surface area contributed by atoms with Crippen molar-refractivity contribution in [2.24, 2.45) is 5.41 Å². The van der Waals surface area contributed by atoms with E-state index in [1.165, 1.54) is 12.3 Å². The number of nitrogens with zero attached hydrogens (tertiary/aromatic N) is 1. The molecular weight excluding hydrogens is 217 g/mol. The first-order chi connectivity index (χ1) is 7.89. The maximum Gasteiger partial charge on any atom is 0.128 e. The molecule has 17 heavy (non-hydrogen) atoms. The monoisotopic (exact) mass is 233 g/mol. The van der Waals surface area contributed by atoms with Gasteiger partial charge in [0, 0.05) is 24.0 Å². The maximum atomic E-state index is 13.4. The third-order valence-electron chi connectivity index (χ3n) is 2.51. The number of nitriles is 1. The molecule has 0 aromatic heterocycles. The van der Waals surface area contributed by atoms with Gasteiger partial charge in [-0.3, -0.25) is 0 Å². The van der Waals surface area contributed by atoms with E-state index in [9.17, 15) is 4.39 Å². The summed E-state index contributed by atoms with van der Waals surface area (Å²) < 4.78 is 13.4. The van der Waals surface area contributed by atoms with Crippen LogP contribution in [0.5, 0.6) is 0 Å². The normalized spacial score (nSPS) is 10.8. The molecule has 1 rings (SSSR count). The molecule has 0 spiro atoms. The van der Waals surface area contributed by atoms with Gasteiger partial charge >= 0.3 is 0 Å². The molecule has 0 unspecified atom stereocenters. The molecule has 0 aliphatic heterocycles. The molecule has 0 saturated heterocycles. The van der Waals surface area contributed by atoms with Crippen LogP contribution < -0.4 is 5.32 Å². The van der Waals surface area contributed by atoms with Crippen LogP contribution >= 0.6 is 0 Å². The first-order valence-electron chi connectivity index (χ1n) is 5.35. The number of rotatable bonds is 4. The highest BCUT2D eigenvalue weighted by atomic mass is 19.1. The first-order valence-corrected chi connectivity index (χ1v) is 5.35. The van der Waals surface area contributed by atoms with Crippen LogP contribution in [0.1, 0.15) is 25.0 Å². The summed E-state index contributed by atoms with van der Waals surface area (Å²) in [5.74, 6) is -0.312. The van der Waals surface area contributed by atoms with E-state index in [0.29, 0.717) is 23.4 Å². The van der Waals surface area contributed by atoms with Crippen LogP contribution in [0.2, 0.25) is 0 Å². The van der Waals surface area contributed by atoms with Gasteiger partial charge in [-0.05, 0) is 38.5 Å². The van der Waals surface area contributed by atoms with Crippen LogP contribution in [0.4, 0.5) is 10.1 Å². The number of aryl methyl sites for hydroxylation is 1. The largest absolute Gasteiger partial charge is 0.383 e. The molecule has 0 fully saturated rings. The van der Waals surface area contributed by atoms with Gasteiger partial charge in [-0.15, -0.1) is 0 Å². The van der Waals surface area contributed by atoms with Gasteiger partial charge in [0.15, 0.2) is 0 Å². The summed E-state index contributed by atoms with van der Waals surface area (Å²) in [6, 6.07) is 5.14. The van der Waals surface area contributed by atoms with Crippen molar-refractivity contribution >= 4 is 11.9 Å². The van der Waals surface area contributed by atoms with Gasteiger partial charge in [-0.25, -0.2) is 4.39 Å². The Labute approximate surface area is 101 Å². The fraction of sp³-hybridized carbons (Fsp3) is 0.385. The zero-order valence-electron chi connectivity index (χ0n) is 10.3. The second-order valence-electron chi connectivity index (χ2n) is 4.68. The van der Waals surface area contributed by atoms with Gasteiger partial charge in [0.05, 0.1) is 11.5 Å². The number of anilines is 1. The molecule has 1 aromatic carbocycles. The van der Waals surface area contributed by atoms with Crippen molar-refractivity contribution in [2.75, 3.05) is 11.9 Å². The molecule has 0 amide bonds. The Morgan fingerprint density at radius 3 is 2.71 bits per heavy atom. The number of hydrogen-bond donors (Lipinski definition) is 2. The average molecular weight is 233 g/mol. The third kappa shape index (κ3) is 3.28. The summed E-state index contributed by atoms with van der Waals surface area (Å²) in [7, 11) is 0. The molecule has 0 aliphatic carbocycles. The van der Waals surface area contributed by atoms with Gasteiger partial charge in [0.25, 0.3) is 0 Å². The Bertz CT molecular complexity index is 472. The lowest BCUT2D eigenvalue weighted by atomic mass is 9.95. The van der Waals surface area contributed by atoms with Crippen molar-refractivity contribution in [3.8, 4) is 6.07 Å². The minimum absolute atomic E-state index is 0.312. The lowest BCUT2D eigenvalue weighted by Gasteiger charge is -2.18. The first kappa shape index (κ1) is 13.2. The summed E-state index contributed by atoms with van der Waals surface area (Å²) in [4.78, 5) is 0. The third-order valence-corrected chi connectivity index (χ3v) is 2.51. The quantitative estimate of drug-likeness (QED) is 0.785. The summed E-state index contributed by atoms with van der Waals surface area (Å²) in [6.45, 7) is 5.67. The van der Waals surface area contributed by atoms with E-state index in [0.717, 1.165) is 0 Å². The molecule has 1 aromatic rings. The van der Waals surface area contributed by atoms with Crippen molar-refractivity contribution < 1.29 is 4.39 Å². The van der Waals surface area contributed by atoms with E-state index in [1.54, 1.807) is 26.8 Å². The van der Waals surface area contributed by atoms with Crippen LogP contribution in [0.25, 0.3) is 0 Å². The molecule has 90 valence electrons. The molecular formula is C13H16FN3. The van der Waals surface area contributed by atoms with Crippen molar-refractivity contribution in [1.82, 2.24) is 0 Å². The van der Waals surface area contributed by atoms with Gasteiger partial charge in [0.1, 0.15) is 5.82 Å². The Morgan fingerprint density at radius 1 is 1.53 bits per heavy atom. The fourth-order valence-electron chi connectivity index (χ4n) is 1.33. The SMILES string of the molecule is Cc1cc(C=N)c(NCC(C)(C)C#N)cc1F. The van der Waals surface area contributed by atoms with Crippen molar-refractivity contribution in [3.05, 3.63) is 29.1 Å². The van der Waals surface area contributed by atoms with Crippen LogP contribution in [0.15, 0.2) is 12.1 Å². The highest BCUT2D eigenvalue weighted by Crippen LogP contribution is 2.21. The lowest BCUT2D eigenvalue weighted by molar-refractivity contribution is 0.528. The molecule has 0 saturated carbocycles.